The molecule has 1 saturated heterocycles. The van der Waals surface area contributed by atoms with Crippen molar-refractivity contribution in [2.24, 2.45) is 0 Å². The zero-order chi connectivity index (χ0) is 17.9. The van der Waals surface area contributed by atoms with Gasteiger partial charge < -0.3 is 5.32 Å². The maximum Gasteiger partial charge on any atom is 0.220 e. The van der Waals surface area contributed by atoms with Crippen LogP contribution in [0.5, 0.6) is 0 Å². The monoisotopic (exact) mass is 365 g/mol. The van der Waals surface area contributed by atoms with E-state index in [4.69, 9.17) is 0 Å². The number of pyridine rings is 1. The van der Waals surface area contributed by atoms with E-state index in [9.17, 15) is 4.79 Å². The molecule has 4 rings (SSSR count). The van der Waals surface area contributed by atoms with E-state index in [1.54, 1.807) is 24.2 Å². The van der Waals surface area contributed by atoms with Gasteiger partial charge in [0.05, 0.1) is 0 Å². The van der Waals surface area contributed by atoms with Crippen LogP contribution < -0.4 is 5.32 Å². The first-order chi connectivity index (χ1) is 12.7. The Balaban J connectivity index is 1.68. The standard InChI is InChI=1S/C19H19N5OS/c1-13-2-5-16(6-3-13)24-18(14-8-10-20-11-9-14)22-23-19(24)26-12-15-4-7-17(25)21-15/h2-3,5-6,8-11,15H,4,7,12H2,1H3,(H,21,25). The maximum atomic E-state index is 11.4. The summed E-state index contributed by atoms with van der Waals surface area (Å²) >= 11 is 1.62. The zero-order valence-electron chi connectivity index (χ0n) is 14.4. The van der Waals surface area contributed by atoms with Gasteiger partial charge in [-0.15, -0.1) is 10.2 Å². The molecule has 1 fully saturated rings. The molecule has 1 unspecified atom stereocenters. The Kier molecular flexibility index (Phi) is 4.71. The summed E-state index contributed by atoms with van der Waals surface area (Å²) in [6, 6.07) is 12.4. The van der Waals surface area contributed by atoms with Crippen molar-refractivity contribution in [2.45, 2.75) is 31.0 Å². The van der Waals surface area contributed by atoms with Gasteiger partial charge in [-0.3, -0.25) is 14.3 Å². The molecule has 3 heterocycles. The number of nitrogens with zero attached hydrogens (tertiary/aromatic N) is 4. The molecule has 2 aromatic heterocycles. The average molecular weight is 365 g/mol. The Hall–Kier alpha value is -2.67. The molecule has 1 aliphatic heterocycles. The van der Waals surface area contributed by atoms with Crippen LogP contribution in [-0.4, -0.2) is 37.5 Å². The van der Waals surface area contributed by atoms with Crippen LogP contribution >= 0.6 is 11.8 Å². The molecule has 132 valence electrons. The van der Waals surface area contributed by atoms with Crippen molar-refractivity contribution in [3.63, 3.8) is 0 Å². The number of hydrogen-bond acceptors (Lipinski definition) is 5. The third-order valence-corrected chi connectivity index (χ3v) is 5.45. The summed E-state index contributed by atoms with van der Waals surface area (Å²) < 4.78 is 2.07. The van der Waals surface area contributed by atoms with Crippen LogP contribution in [0.2, 0.25) is 0 Å². The number of hydrogen-bond donors (Lipinski definition) is 1. The number of benzene rings is 1. The normalized spacial score (nSPS) is 16.7. The summed E-state index contributed by atoms with van der Waals surface area (Å²) in [4.78, 5) is 15.5. The van der Waals surface area contributed by atoms with E-state index in [2.05, 4.69) is 56.3 Å². The van der Waals surface area contributed by atoms with E-state index in [1.807, 2.05) is 12.1 Å². The minimum absolute atomic E-state index is 0.132. The molecule has 1 aliphatic rings. The lowest BCUT2D eigenvalue weighted by Crippen LogP contribution is -2.27. The third-order valence-electron chi connectivity index (χ3n) is 4.36. The highest BCUT2D eigenvalue weighted by Gasteiger charge is 2.23. The number of carbonyl (C=O) groups excluding carboxylic acids is 1. The smallest absolute Gasteiger partial charge is 0.220 e. The van der Waals surface area contributed by atoms with Crippen molar-refractivity contribution in [1.82, 2.24) is 25.1 Å². The lowest BCUT2D eigenvalue weighted by Gasteiger charge is -2.12. The Morgan fingerprint density at radius 3 is 2.62 bits per heavy atom. The highest BCUT2D eigenvalue weighted by molar-refractivity contribution is 7.99. The van der Waals surface area contributed by atoms with Crippen molar-refractivity contribution in [3.8, 4) is 17.1 Å². The van der Waals surface area contributed by atoms with Gasteiger partial charge in [0, 0.05) is 41.9 Å². The van der Waals surface area contributed by atoms with Crippen LogP contribution in [0, 0.1) is 6.92 Å². The second-order valence-corrected chi connectivity index (χ2v) is 7.31. The highest BCUT2D eigenvalue weighted by Crippen LogP contribution is 2.29. The molecule has 1 atom stereocenters. The summed E-state index contributed by atoms with van der Waals surface area (Å²) in [7, 11) is 0. The van der Waals surface area contributed by atoms with Gasteiger partial charge in [0.25, 0.3) is 0 Å². The summed E-state index contributed by atoms with van der Waals surface area (Å²) in [5, 5.41) is 12.7. The molecule has 0 radical (unpaired) electrons. The van der Waals surface area contributed by atoms with Gasteiger partial charge in [-0.05, 0) is 37.6 Å². The molecule has 1 N–H and O–H groups in total. The largest absolute Gasteiger partial charge is 0.353 e. The highest BCUT2D eigenvalue weighted by atomic mass is 32.2. The molecule has 1 amide bonds. The van der Waals surface area contributed by atoms with Gasteiger partial charge in [0.15, 0.2) is 11.0 Å². The second-order valence-electron chi connectivity index (χ2n) is 6.33. The number of thioether (sulfide) groups is 1. The van der Waals surface area contributed by atoms with Crippen LogP contribution in [0.25, 0.3) is 17.1 Å². The topological polar surface area (TPSA) is 72.7 Å². The number of aromatic nitrogens is 4. The number of nitrogens with one attached hydrogen (secondary N) is 1. The van der Waals surface area contributed by atoms with Crippen LogP contribution in [-0.2, 0) is 4.79 Å². The summed E-state index contributed by atoms with van der Waals surface area (Å²) in [5.41, 5.74) is 3.19. The molecular formula is C19H19N5OS. The molecular weight excluding hydrogens is 346 g/mol. The molecule has 0 spiro atoms. The molecule has 0 aliphatic carbocycles. The van der Waals surface area contributed by atoms with Crippen molar-refractivity contribution in [1.29, 1.82) is 0 Å². The molecule has 6 nitrogen and oxygen atoms in total. The van der Waals surface area contributed by atoms with E-state index < -0.39 is 0 Å². The van der Waals surface area contributed by atoms with Crippen molar-refractivity contribution >= 4 is 17.7 Å². The summed E-state index contributed by atoms with van der Waals surface area (Å²) in [6.45, 7) is 2.07. The fraction of sp³-hybridized carbons (Fsp3) is 0.263. The van der Waals surface area contributed by atoms with E-state index >= 15 is 0 Å². The summed E-state index contributed by atoms with van der Waals surface area (Å²) in [5.74, 6) is 1.70. The van der Waals surface area contributed by atoms with Crippen LogP contribution in [0.1, 0.15) is 18.4 Å². The fourth-order valence-electron chi connectivity index (χ4n) is 2.96. The minimum atomic E-state index is 0.132. The Bertz CT molecular complexity index is 907. The minimum Gasteiger partial charge on any atom is -0.353 e. The molecule has 7 heteroatoms. The first-order valence-corrected chi connectivity index (χ1v) is 9.54. The SMILES string of the molecule is Cc1ccc(-n2c(SCC3CCC(=O)N3)nnc2-c2ccncc2)cc1. The number of carbonyl (C=O) groups is 1. The second kappa shape index (κ2) is 7.29. The molecule has 0 saturated carbocycles. The Morgan fingerprint density at radius 2 is 1.92 bits per heavy atom. The quantitative estimate of drug-likeness (QED) is 0.704. The lowest BCUT2D eigenvalue weighted by molar-refractivity contribution is -0.119. The van der Waals surface area contributed by atoms with Crippen LogP contribution in [0.3, 0.4) is 0 Å². The van der Waals surface area contributed by atoms with E-state index in [-0.39, 0.29) is 11.9 Å². The van der Waals surface area contributed by atoms with Crippen molar-refractivity contribution in [3.05, 3.63) is 54.4 Å². The zero-order valence-corrected chi connectivity index (χ0v) is 15.2. The lowest BCUT2D eigenvalue weighted by atomic mass is 10.2. The van der Waals surface area contributed by atoms with E-state index in [0.29, 0.717) is 6.42 Å². The van der Waals surface area contributed by atoms with Crippen molar-refractivity contribution < 1.29 is 4.79 Å². The van der Waals surface area contributed by atoms with Gasteiger partial charge in [-0.1, -0.05) is 29.5 Å². The van der Waals surface area contributed by atoms with Gasteiger partial charge in [0.2, 0.25) is 5.91 Å². The maximum absolute atomic E-state index is 11.4. The predicted molar refractivity (Wildman–Crippen MR) is 101 cm³/mol. The number of rotatable bonds is 5. The Labute approximate surface area is 156 Å². The fourth-order valence-corrected chi connectivity index (χ4v) is 3.98. The predicted octanol–water partition coefficient (Wildman–Crippen LogP) is 3.01. The molecule has 1 aromatic carbocycles. The molecule has 3 aromatic rings. The number of aryl methyl sites for hydroxylation is 1. The van der Waals surface area contributed by atoms with Gasteiger partial charge in [-0.2, -0.15) is 0 Å². The summed E-state index contributed by atoms with van der Waals surface area (Å²) in [6.07, 6.45) is 4.99. The Morgan fingerprint density at radius 1 is 1.15 bits per heavy atom. The van der Waals surface area contributed by atoms with E-state index in [1.165, 1.54) is 5.56 Å². The molecule has 0 bridgehead atoms. The van der Waals surface area contributed by atoms with E-state index in [0.717, 1.165) is 34.4 Å². The van der Waals surface area contributed by atoms with Crippen LogP contribution in [0.15, 0.2) is 53.9 Å². The van der Waals surface area contributed by atoms with Gasteiger partial charge in [0.1, 0.15) is 0 Å². The van der Waals surface area contributed by atoms with Gasteiger partial charge >= 0.3 is 0 Å². The number of amides is 1. The first-order valence-electron chi connectivity index (χ1n) is 8.56. The first kappa shape index (κ1) is 16.8. The average Bonchev–Trinajstić information content (AvgIpc) is 3.27. The van der Waals surface area contributed by atoms with Crippen molar-refractivity contribution in [2.75, 3.05) is 5.75 Å². The molecule has 26 heavy (non-hydrogen) atoms. The third kappa shape index (κ3) is 3.48. The van der Waals surface area contributed by atoms with Gasteiger partial charge in [-0.25, -0.2) is 0 Å². The van der Waals surface area contributed by atoms with Crippen LogP contribution in [0.4, 0.5) is 0 Å².